The highest BCUT2D eigenvalue weighted by atomic mass is 16.7. The van der Waals surface area contributed by atoms with Gasteiger partial charge in [-0.2, -0.15) is 0 Å². The van der Waals surface area contributed by atoms with E-state index in [4.69, 9.17) is 14.6 Å². The lowest BCUT2D eigenvalue weighted by atomic mass is 10.3. The third-order valence-electron chi connectivity index (χ3n) is 1.30. The highest BCUT2D eigenvalue weighted by Crippen LogP contribution is 2.21. The van der Waals surface area contributed by atoms with Crippen LogP contribution in [0.1, 0.15) is 13.8 Å². The van der Waals surface area contributed by atoms with Gasteiger partial charge in [-0.1, -0.05) is 0 Å². The monoisotopic (exact) mass is 158 g/mol. The summed E-state index contributed by atoms with van der Waals surface area (Å²) < 4.78 is 9.77. The van der Waals surface area contributed by atoms with E-state index in [0.29, 0.717) is 5.76 Å². The van der Waals surface area contributed by atoms with Gasteiger partial charge in [-0.25, -0.2) is 4.79 Å². The van der Waals surface area contributed by atoms with Crippen LogP contribution in [-0.4, -0.2) is 23.5 Å². The molecule has 0 spiro atoms. The van der Waals surface area contributed by atoms with Crippen molar-refractivity contribution < 1.29 is 19.4 Å². The molecule has 1 N–H and O–H groups in total. The Balaban J connectivity index is 2.79. The Morgan fingerprint density at radius 2 is 2.27 bits per heavy atom. The van der Waals surface area contributed by atoms with Gasteiger partial charge < -0.3 is 14.6 Å². The Bertz CT molecular complexity index is 208. The van der Waals surface area contributed by atoms with Crippen LogP contribution in [0.15, 0.2) is 11.8 Å². The fourth-order valence-corrected chi connectivity index (χ4v) is 0.864. The molecule has 0 aromatic heterocycles. The van der Waals surface area contributed by atoms with E-state index in [9.17, 15) is 4.79 Å². The lowest BCUT2D eigenvalue weighted by Gasteiger charge is -2.30. The smallest absolute Gasteiger partial charge is 0.337 e. The van der Waals surface area contributed by atoms with E-state index in [1.807, 2.05) is 0 Å². The first kappa shape index (κ1) is 8.07. The van der Waals surface area contributed by atoms with E-state index in [0.717, 1.165) is 0 Å². The third-order valence-corrected chi connectivity index (χ3v) is 1.30. The summed E-state index contributed by atoms with van der Waals surface area (Å²) >= 11 is 0. The molecule has 0 saturated carbocycles. The number of carbonyl (C=O) groups is 1. The minimum Gasteiger partial charge on any atom is -0.455 e. The molecule has 1 rings (SSSR count). The molecule has 11 heavy (non-hydrogen) atoms. The minimum atomic E-state index is -1.20. The second-order valence-electron chi connectivity index (χ2n) is 2.57. The normalized spacial score (nSPS) is 30.5. The summed E-state index contributed by atoms with van der Waals surface area (Å²) in [5.74, 6) is -1.22. The topological polar surface area (TPSA) is 55.8 Å². The predicted octanol–water partition coefficient (Wildman–Crippen LogP) is 0.172. The third kappa shape index (κ3) is 1.71. The van der Waals surface area contributed by atoms with Crippen LogP contribution < -0.4 is 0 Å². The molecule has 0 fully saturated rings. The maximum atomic E-state index is 10.8. The van der Waals surface area contributed by atoms with Gasteiger partial charge in [0, 0.05) is 6.92 Å². The molecule has 0 bridgehead atoms. The summed E-state index contributed by atoms with van der Waals surface area (Å²) in [6.07, 6.45) is 1.23. The number of allylic oxidation sites excluding steroid dienone is 1. The van der Waals surface area contributed by atoms with Crippen molar-refractivity contribution in [1.82, 2.24) is 0 Å². The van der Waals surface area contributed by atoms with Gasteiger partial charge in [0.2, 0.25) is 0 Å². The molecule has 0 unspecified atom stereocenters. The van der Waals surface area contributed by atoms with Gasteiger partial charge in [0.05, 0.1) is 6.08 Å². The van der Waals surface area contributed by atoms with Crippen molar-refractivity contribution in [2.75, 3.05) is 6.61 Å². The number of rotatable bonds is 1. The van der Waals surface area contributed by atoms with Crippen molar-refractivity contribution in [3.05, 3.63) is 11.8 Å². The van der Waals surface area contributed by atoms with Crippen molar-refractivity contribution >= 4 is 5.97 Å². The Morgan fingerprint density at radius 3 is 2.73 bits per heavy atom. The predicted molar refractivity (Wildman–Crippen MR) is 36.4 cm³/mol. The van der Waals surface area contributed by atoms with Gasteiger partial charge in [0.1, 0.15) is 12.4 Å². The molecular formula is C7H10O4. The average Bonchev–Trinajstić information content (AvgIpc) is 1.84. The molecule has 0 aromatic rings. The summed E-state index contributed by atoms with van der Waals surface area (Å²) in [7, 11) is 0. The second-order valence-corrected chi connectivity index (χ2v) is 2.57. The Kier molecular flexibility index (Phi) is 1.87. The lowest BCUT2D eigenvalue weighted by molar-refractivity contribution is -0.225. The molecule has 0 aliphatic carbocycles. The van der Waals surface area contributed by atoms with Crippen LogP contribution in [0.5, 0.6) is 0 Å². The molecule has 0 radical (unpaired) electrons. The van der Waals surface area contributed by atoms with E-state index >= 15 is 0 Å². The van der Waals surface area contributed by atoms with Crippen molar-refractivity contribution in [2.24, 2.45) is 0 Å². The Hall–Kier alpha value is -1.03. The molecule has 0 amide bonds. The van der Waals surface area contributed by atoms with Crippen LogP contribution in [0.4, 0.5) is 0 Å². The molecule has 4 heteroatoms. The first-order chi connectivity index (χ1) is 5.06. The lowest BCUT2D eigenvalue weighted by Crippen LogP contribution is -2.40. The molecule has 4 nitrogen and oxygen atoms in total. The van der Waals surface area contributed by atoms with E-state index in [1.54, 1.807) is 6.92 Å². The fourth-order valence-electron chi connectivity index (χ4n) is 0.864. The molecular weight excluding hydrogens is 148 g/mol. The highest BCUT2D eigenvalue weighted by Gasteiger charge is 2.33. The summed E-state index contributed by atoms with van der Waals surface area (Å²) in [6, 6.07) is 0. The van der Waals surface area contributed by atoms with E-state index in [2.05, 4.69) is 0 Å². The van der Waals surface area contributed by atoms with Gasteiger partial charge in [-0.05, 0) is 6.92 Å². The summed E-state index contributed by atoms with van der Waals surface area (Å²) in [5, 5.41) is 8.76. The average molecular weight is 158 g/mol. The van der Waals surface area contributed by atoms with Gasteiger partial charge in [-0.3, -0.25) is 0 Å². The molecule has 1 aliphatic rings. The zero-order valence-electron chi connectivity index (χ0n) is 6.46. The molecule has 1 aliphatic heterocycles. The molecule has 1 heterocycles. The number of aliphatic hydroxyl groups is 1. The minimum absolute atomic E-state index is 0.343. The first-order valence-corrected chi connectivity index (χ1v) is 3.27. The highest BCUT2D eigenvalue weighted by molar-refractivity contribution is 5.83. The number of carbonyl (C=O) groups excluding carboxylic acids is 1. The maximum absolute atomic E-state index is 10.8. The van der Waals surface area contributed by atoms with Crippen LogP contribution >= 0.6 is 0 Å². The van der Waals surface area contributed by atoms with Crippen LogP contribution in [-0.2, 0) is 14.3 Å². The number of ether oxygens (including phenoxy) is 2. The molecule has 1 atom stereocenters. The van der Waals surface area contributed by atoms with Crippen molar-refractivity contribution in [2.45, 2.75) is 19.6 Å². The molecule has 0 aromatic carbocycles. The fraction of sp³-hybridized carbons (Fsp3) is 0.571. The van der Waals surface area contributed by atoms with Crippen molar-refractivity contribution in [3.63, 3.8) is 0 Å². The zero-order chi connectivity index (χ0) is 8.48. The zero-order valence-corrected chi connectivity index (χ0v) is 6.46. The number of hydrogen-bond acceptors (Lipinski definition) is 4. The maximum Gasteiger partial charge on any atom is 0.337 e. The van der Waals surface area contributed by atoms with E-state index in [-0.39, 0.29) is 6.61 Å². The SMILES string of the molecule is CC1=CC(=O)O[C@@](C)(CO)O1. The van der Waals surface area contributed by atoms with E-state index < -0.39 is 11.8 Å². The summed E-state index contributed by atoms with van der Waals surface area (Å²) in [6.45, 7) is 2.79. The molecule has 62 valence electrons. The number of esters is 1. The standard InChI is InChI=1S/C7H10O4/c1-5-3-6(9)11-7(2,4-8)10-5/h3,8H,4H2,1-2H3/t7-/m0/s1. The molecule has 0 saturated heterocycles. The van der Waals surface area contributed by atoms with E-state index in [1.165, 1.54) is 13.0 Å². The van der Waals surface area contributed by atoms with Gasteiger partial charge >= 0.3 is 5.97 Å². The number of aliphatic hydroxyl groups excluding tert-OH is 1. The van der Waals surface area contributed by atoms with Crippen LogP contribution in [0, 0.1) is 0 Å². The van der Waals surface area contributed by atoms with Gasteiger partial charge in [0.15, 0.2) is 0 Å². The van der Waals surface area contributed by atoms with Crippen LogP contribution in [0.3, 0.4) is 0 Å². The Morgan fingerprint density at radius 1 is 1.64 bits per heavy atom. The largest absolute Gasteiger partial charge is 0.455 e. The number of hydrogen-bond donors (Lipinski definition) is 1. The van der Waals surface area contributed by atoms with Crippen molar-refractivity contribution in [1.29, 1.82) is 0 Å². The van der Waals surface area contributed by atoms with Gasteiger partial charge in [-0.15, -0.1) is 0 Å². The second kappa shape index (κ2) is 2.54. The van der Waals surface area contributed by atoms with Crippen molar-refractivity contribution in [3.8, 4) is 0 Å². The van der Waals surface area contributed by atoms with Crippen LogP contribution in [0.2, 0.25) is 0 Å². The van der Waals surface area contributed by atoms with Gasteiger partial charge in [0.25, 0.3) is 5.79 Å². The number of cyclic esters (lactones) is 1. The summed E-state index contributed by atoms with van der Waals surface area (Å²) in [5.41, 5.74) is 0. The van der Waals surface area contributed by atoms with Crippen LogP contribution in [0.25, 0.3) is 0 Å². The Labute approximate surface area is 64.4 Å². The first-order valence-electron chi connectivity index (χ1n) is 3.27. The quantitative estimate of drug-likeness (QED) is 0.553. The summed E-state index contributed by atoms with van der Waals surface area (Å²) in [4.78, 5) is 10.8.